The zero-order valence-corrected chi connectivity index (χ0v) is 14.0. The first kappa shape index (κ1) is 16.2. The number of hydrogen-bond acceptors (Lipinski definition) is 5. The first-order valence-corrected chi connectivity index (χ1v) is 8.68. The van der Waals surface area contributed by atoms with E-state index in [9.17, 15) is 9.90 Å². The van der Waals surface area contributed by atoms with Crippen LogP contribution in [0.3, 0.4) is 0 Å². The van der Waals surface area contributed by atoms with Crippen molar-refractivity contribution in [3.63, 3.8) is 0 Å². The summed E-state index contributed by atoms with van der Waals surface area (Å²) >= 11 is 7.80. The van der Waals surface area contributed by atoms with Crippen molar-refractivity contribution >= 4 is 28.9 Å². The average Bonchev–Trinajstić information content (AvgIpc) is 2.84. The van der Waals surface area contributed by atoms with E-state index >= 15 is 0 Å². The van der Waals surface area contributed by atoms with Crippen molar-refractivity contribution in [2.24, 2.45) is 0 Å². The Labute approximate surface area is 138 Å². The molecule has 2 N–H and O–H groups in total. The molecular formula is C15H20ClNO4S. The number of piperidine rings is 1. The summed E-state index contributed by atoms with van der Waals surface area (Å²) in [5, 5.41) is 18.4. The summed E-state index contributed by atoms with van der Waals surface area (Å²) in [5.41, 5.74) is 0.903. The van der Waals surface area contributed by atoms with E-state index in [0.717, 1.165) is 23.6 Å². The van der Waals surface area contributed by atoms with E-state index < -0.39 is 12.1 Å². The lowest BCUT2D eigenvalue weighted by Crippen LogP contribution is -2.52. The Balaban J connectivity index is 1.76. The number of carbonyl (C=O) groups is 1. The molecular weight excluding hydrogens is 326 g/mol. The summed E-state index contributed by atoms with van der Waals surface area (Å²) in [4.78, 5) is 14.2. The van der Waals surface area contributed by atoms with Crippen LogP contribution in [0.4, 0.5) is 0 Å². The molecule has 22 heavy (non-hydrogen) atoms. The van der Waals surface area contributed by atoms with E-state index in [0.29, 0.717) is 13.2 Å². The molecule has 2 aliphatic rings. The van der Waals surface area contributed by atoms with Crippen molar-refractivity contribution < 1.29 is 19.7 Å². The van der Waals surface area contributed by atoms with Crippen molar-refractivity contribution in [2.45, 2.75) is 43.9 Å². The molecule has 1 fully saturated rings. The van der Waals surface area contributed by atoms with Gasteiger partial charge in [0, 0.05) is 30.4 Å². The van der Waals surface area contributed by atoms with Crippen LogP contribution in [-0.4, -0.2) is 52.9 Å². The van der Waals surface area contributed by atoms with Gasteiger partial charge in [-0.2, -0.15) is 0 Å². The maximum atomic E-state index is 10.8. The minimum Gasteiger partial charge on any atom is -0.479 e. The molecule has 3 heterocycles. The van der Waals surface area contributed by atoms with Gasteiger partial charge in [-0.15, -0.1) is 11.3 Å². The number of hydrogen-bond donors (Lipinski definition) is 2. The second-order valence-electron chi connectivity index (χ2n) is 6.13. The molecule has 5 nitrogen and oxygen atoms in total. The average molecular weight is 346 g/mol. The molecule has 3 atom stereocenters. The lowest BCUT2D eigenvalue weighted by molar-refractivity contribution is -0.150. The van der Waals surface area contributed by atoms with Crippen molar-refractivity contribution in [1.29, 1.82) is 0 Å². The van der Waals surface area contributed by atoms with Crippen LogP contribution >= 0.6 is 22.9 Å². The van der Waals surface area contributed by atoms with Gasteiger partial charge in [-0.1, -0.05) is 11.6 Å². The van der Waals surface area contributed by atoms with E-state index in [1.54, 1.807) is 11.3 Å². The molecule has 0 unspecified atom stereocenters. The number of aliphatic carboxylic acids is 1. The SMILES string of the molecule is C[C@H]1C[C@@]2(CCN1C[C@@H](O)C(=O)O)OCCc1sc(Cl)cc12. The predicted octanol–water partition coefficient (Wildman–Crippen LogP) is 2.10. The maximum Gasteiger partial charge on any atom is 0.333 e. The van der Waals surface area contributed by atoms with Gasteiger partial charge in [-0.25, -0.2) is 4.79 Å². The van der Waals surface area contributed by atoms with Gasteiger partial charge in [0.25, 0.3) is 0 Å². The van der Waals surface area contributed by atoms with Gasteiger partial charge >= 0.3 is 5.97 Å². The minimum atomic E-state index is -1.34. The lowest BCUT2D eigenvalue weighted by Gasteiger charge is -2.47. The fraction of sp³-hybridized carbons (Fsp3) is 0.667. The number of carboxylic acids is 1. The van der Waals surface area contributed by atoms with Gasteiger partial charge < -0.3 is 14.9 Å². The molecule has 122 valence electrons. The smallest absolute Gasteiger partial charge is 0.333 e. The lowest BCUT2D eigenvalue weighted by atomic mass is 9.79. The molecule has 7 heteroatoms. The van der Waals surface area contributed by atoms with Gasteiger partial charge in [-0.3, -0.25) is 4.90 Å². The molecule has 0 aliphatic carbocycles. The number of β-amino-alcohol motifs (C(OH)–C–C–N with tert-alkyl or cyclic N) is 1. The Kier molecular flexibility index (Phi) is 4.49. The molecule has 0 aromatic carbocycles. The number of nitrogens with zero attached hydrogens (tertiary/aromatic N) is 1. The summed E-state index contributed by atoms with van der Waals surface area (Å²) in [6.07, 6.45) is 1.16. The molecule has 0 saturated carbocycles. The van der Waals surface area contributed by atoms with Crippen molar-refractivity contribution in [1.82, 2.24) is 4.90 Å². The van der Waals surface area contributed by atoms with Crippen LogP contribution in [0.1, 0.15) is 30.2 Å². The highest BCUT2D eigenvalue weighted by Crippen LogP contribution is 2.46. The highest BCUT2D eigenvalue weighted by Gasteiger charge is 2.44. The highest BCUT2D eigenvalue weighted by molar-refractivity contribution is 7.16. The van der Waals surface area contributed by atoms with Gasteiger partial charge in [0.15, 0.2) is 6.10 Å². The number of thiophene rings is 1. The molecule has 0 radical (unpaired) electrons. The van der Waals surface area contributed by atoms with E-state index in [4.69, 9.17) is 21.4 Å². The monoisotopic (exact) mass is 345 g/mol. The topological polar surface area (TPSA) is 70.0 Å². The largest absolute Gasteiger partial charge is 0.479 e. The molecule has 0 bridgehead atoms. The van der Waals surface area contributed by atoms with Crippen molar-refractivity contribution in [3.8, 4) is 0 Å². The van der Waals surface area contributed by atoms with Crippen LogP contribution in [0.2, 0.25) is 4.34 Å². The van der Waals surface area contributed by atoms with Crippen LogP contribution < -0.4 is 0 Å². The Bertz CT molecular complexity index is 578. The number of ether oxygens (including phenoxy) is 1. The number of aliphatic hydroxyl groups excluding tert-OH is 1. The van der Waals surface area contributed by atoms with Gasteiger partial charge in [0.2, 0.25) is 0 Å². The number of halogens is 1. The summed E-state index contributed by atoms with van der Waals surface area (Å²) in [6.45, 7) is 3.62. The van der Waals surface area contributed by atoms with Crippen molar-refractivity contribution in [3.05, 3.63) is 20.8 Å². The number of fused-ring (bicyclic) bond motifs is 2. The number of likely N-dealkylation sites (tertiary alicyclic amines) is 1. The Hall–Kier alpha value is -0.660. The Morgan fingerprint density at radius 2 is 2.45 bits per heavy atom. The fourth-order valence-corrected chi connectivity index (χ4v) is 4.93. The fourth-order valence-electron chi connectivity index (χ4n) is 3.58. The number of aliphatic hydroxyl groups is 1. The van der Waals surface area contributed by atoms with Crippen LogP contribution in [-0.2, 0) is 21.6 Å². The van der Waals surface area contributed by atoms with E-state index in [-0.39, 0.29) is 18.2 Å². The van der Waals surface area contributed by atoms with E-state index in [2.05, 4.69) is 6.92 Å². The molecule has 1 spiro atoms. The molecule has 1 aromatic rings. The third-order valence-electron chi connectivity index (χ3n) is 4.72. The number of carboxylic acid groups (broad SMARTS) is 1. The third-order valence-corrected chi connectivity index (χ3v) is 6.04. The van der Waals surface area contributed by atoms with Crippen LogP contribution in [0.15, 0.2) is 6.07 Å². The molecule has 3 rings (SSSR count). The summed E-state index contributed by atoms with van der Waals surface area (Å²) in [5.74, 6) is -1.17. The molecule has 0 amide bonds. The highest BCUT2D eigenvalue weighted by atomic mass is 35.5. The first-order chi connectivity index (χ1) is 10.4. The Morgan fingerprint density at radius 1 is 1.68 bits per heavy atom. The minimum absolute atomic E-state index is 0.146. The summed E-state index contributed by atoms with van der Waals surface area (Å²) < 4.78 is 6.96. The van der Waals surface area contributed by atoms with Crippen LogP contribution in [0.25, 0.3) is 0 Å². The van der Waals surface area contributed by atoms with Gasteiger partial charge in [0.1, 0.15) is 0 Å². The zero-order valence-electron chi connectivity index (χ0n) is 12.4. The third kappa shape index (κ3) is 2.90. The summed E-state index contributed by atoms with van der Waals surface area (Å²) in [6, 6.07) is 2.17. The van der Waals surface area contributed by atoms with Crippen LogP contribution in [0.5, 0.6) is 0 Å². The zero-order chi connectivity index (χ0) is 15.9. The maximum absolute atomic E-state index is 10.8. The molecule has 1 saturated heterocycles. The van der Waals surface area contributed by atoms with E-state index in [1.165, 1.54) is 10.4 Å². The normalized spacial score (nSPS) is 30.2. The van der Waals surface area contributed by atoms with E-state index in [1.807, 2.05) is 11.0 Å². The van der Waals surface area contributed by atoms with Gasteiger partial charge in [0.05, 0.1) is 16.5 Å². The Morgan fingerprint density at radius 3 is 3.14 bits per heavy atom. The first-order valence-electron chi connectivity index (χ1n) is 7.49. The molecule has 2 aliphatic heterocycles. The predicted molar refractivity (Wildman–Crippen MR) is 84.6 cm³/mol. The van der Waals surface area contributed by atoms with Crippen molar-refractivity contribution in [2.75, 3.05) is 19.7 Å². The second-order valence-corrected chi connectivity index (χ2v) is 7.90. The number of rotatable bonds is 3. The standard InChI is InChI=1S/C15H20ClNO4S/c1-9-7-15(3-4-17(9)8-11(18)14(19)20)10-6-13(16)22-12(10)2-5-21-15/h6,9,11,18H,2-5,7-8H2,1H3,(H,19,20)/t9-,11+,15+/m0/s1. The van der Waals surface area contributed by atoms with Gasteiger partial charge in [-0.05, 0) is 31.4 Å². The second kappa shape index (κ2) is 6.09. The quantitative estimate of drug-likeness (QED) is 0.878. The van der Waals surface area contributed by atoms with Crippen LogP contribution in [0, 0.1) is 0 Å². The molecule has 1 aromatic heterocycles. The summed E-state index contributed by atoms with van der Waals surface area (Å²) in [7, 11) is 0.